The number of hydrogen-bond donors (Lipinski definition) is 0. The van der Waals surface area contributed by atoms with Crippen LogP contribution in [0.2, 0.25) is 0 Å². The van der Waals surface area contributed by atoms with Crippen molar-refractivity contribution >= 4 is 0 Å². The van der Waals surface area contributed by atoms with Crippen molar-refractivity contribution in [2.45, 2.75) is 47.0 Å². The van der Waals surface area contributed by atoms with Crippen LogP contribution in [0.5, 0.6) is 0 Å². The molecule has 0 aromatic rings. The van der Waals surface area contributed by atoms with Crippen molar-refractivity contribution in [1.82, 2.24) is 4.90 Å². The molecule has 0 saturated heterocycles. The Morgan fingerprint density at radius 2 is 1.75 bits per heavy atom. The molecule has 0 amide bonds. The molecule has 0 aliphatic heterocycles. The second-order valence-electron chi connectivity index (χ2n) is 3.45. The molecule has 0 atom stereocenters. The molecule has 0 aliphatic rings. The second kappa shape index (κ2) is 8.31. The Balaban J connectivity index is 0. The standard InChI is InChI=1S/C11H19F2N.C2H6/c1-6-10(8-14(5)7-2)9(3)11(4,12)13;1-2/h8H,3,6-7H2,1-2,4-5H3;1-2H3/b10-8-;. The predicted molar refractivity (Wildman–Crippen MR) is 67.8 cm³/mol. The van der Waals surface area contributed by atoms with Gasteiger partial charge in [0.15, 0.2) is 0 Å². The highest BCUT2D eigenvalue weighted by Gasteiger charge is 2.27. The van der Waals surface area contributed by atoms with E-state index in [1.54, 1.807) is 6.20 Å². The van der Waals surface area contributed by atoms with E-state index in [2.05, 4.69) is 6.58 Å². The van der Waals surface area contributed by atoms with E-state index in [1.807, 2.05) is 39.6 Å². The number of halogens is 2. The van der Waals surface area contributed by atoms with Gasteiger partial charge in [-0.25, -0.2) is 8.78 Å². The topological polar surface area (TPSA) is 3.24 Å². The highest BCUT2D eigenvalue weighted by atomic mass is 19.3. The van der Waals surface area contributed by atoms with Gasteiger partial charge in [-0.1, -0.05) is 27.4 Å². The average molecular weight is 233 g/mol. The van der Waals surface area contributed by atoms with E-state index in [1.165, 1.54) is 0 Å². The lowest BCUT2D eigenvalue weighted by molar-refractivity contribution is 0.0659. The van der Waals surface area contributed by atoms with Gasteiger partial charge in [0.2, 0.25) is 0 Å². The SMILES string of the molecule is C=C(/C(=C\N(C)CC)CC)C(C)(F)F.CC. The van der Waals surface area contributed by atoms with Gasteiger partial charge in [0, 0.05) is 32.3 Å². The summed E-state index contributed by atoms with van der Waals surface area (Å²) >= 11 is 0. The molecule has 0 bridgehead atoms. The molecule has 0 unspecified atom stereocenters. The number of allylic oxidation sites excluding steroid dienone is 2. The van der Waals surface area contributed by atoms with Gasteiger partial charge >= 0.3 is 0 Å². The molecule has 0 N–H and O–H groups in total. The van der Waals surface area contributed by atoms with Crippen LogP contribution in [0.3, 0.4) is 0 Å². The zero-order valence-corrected chi connectivity index (χ0v) is 11.4. The minimum absolute atomic E-state index is 0.0831. The van der Waals surface area contributed by atoms with Crippen LogP contribution < -0.4 is 0 Å². The Hall–Kier alpha value is -0.860. The van der Waals surface area contributed by atoms with E-state index in [0.717, 1.165) is 13.5 Å². The number of alkyl halides is 2. The highest BCUT2D eigenvalue weighted by molar-refractivity contribution is 5.32. The third kappa shape index (κ3) is 6.59. The smallest absolute Gasteiger partial charge is 0.270 e. The lowest BCUT2D eigenvalue weighted by atomic mass is 10.0. The Kier molecular flexibility index (Phi) is 9.11. The molecular formula is C13H25F2N. The highest BCUT2D eigenvalue weighted by Crippen LogP contribution is 2.29. The second-order valence-corrected chi connectivity index (χ2v) is 3.45. The summed E-state index contributed by atoms with van der Waals surface area (Å²) in [7, 11) is 1.86. The van der Waals surface area contributed by atoms with Crippen LogP contribution in [-0.4, -0.2) is 24.4 Å². The largest absolute Gasteiger partial charge is 0.380 e. The summed E-state index contributed by atoms with van der Waals surface area (Å²) in [6.45, 7) is 12.9. The summed E-state index contributed by atoms with van der Waals surface area (Å²) in [5, 5.41) is 0. The van der Waals surface area contributed by atoms with Crippen LogP contribution in [-0.2, 0) is 0 Å². The molecule has 0 radical (unpaired) electrons. The van der Waals surface area contributed by atoms with Crippen molar-refractivity contribution in [2.24, 2.45) is 0 Å². The maximum atomic E-state index is 12.9. The van der Waals surface area contributed by atoms with E-state index < -0.39 is 5.92 Å². The molecule has 0 aromatic carbocycles. The first-order valence-electron chi connectivity index (χ1n) is 5.81. The lowest BCUT2D eigenvalue weighted by Crippen LogP contribution is -2.17. The Bertz CT molecular complexity index is 227. The first-order chi connectivity index (χ1) is 7.32. The molecule has 1 nitrogen and oxygen atoms in total. The molecule has 0 saturated carbocycles. The molecule has 0 aliphatic carbocycles. The third-order valence-electron chi connectivity index (χ3n) is 2.17. The van der Waals surface area contributed by atoms with E-state index in [4.69, 9.17) is 0 Å². The first kappa shape index (κ1) is 17.5. The summed E-state index contributed by atoms with van der Waals surface area (Å²) in [5.74, 6) is -2.82. The van der Waals surface area contributed by atoms with Crippen molar-refractivity contribution in [3.8, 4) is 0 Å². The Labute approximate surface area is 98.8 Å². The molecule has 0 heterocycles. The molecule has 0 spiro atoms. The van der Waals surface area contributed by atoms with Crippen LogP contribution in [0, 0.1) is 0 Å². The number of hydrogen-bond acceptors (Lipinski definition) is 1. The van der Waals surface area contributed by atoms with Gasteiger partial charge in [0.1, 0.15) is 0 Å². The van der Waals surface area contributed by atoms with Crippen molar-refractivity contribution in [3.63, 3.8) is 0 Å². The van der Waals surface area contributed by atoms with Gasteiger partial charge in [-0.2, -0.15) is 0 Å². The first-order valence-corrected chi connectivity index (χ1v) is 5.81. The quantitative estimate of drug-likeness (QED) is 0.633. The molecule has 0 aromatic heterocycles. The summed E-state index contributed by atoms with van der Waals surface area (Å²) in [6.07, 6.45) is 2.31. The Morgan fingerprint density at radius 3 is 2.00 bits per heavy atom. The van der Waals surface area contributed by atoms with Crippen LogP contribution in [0.1, 0.15) is 41.0 Å². The van der Waals surface area contributed by atoms with Gasteiger partial charge in [0.25, 0.3) is 5.92 Å². The minimum atomic E-state index is -2.82. The molecule has 16 heavy (non-hydrogen) atoms. The molecule has 0 rings (SSSR count). The van der Waals surface area contributed by atoms with Crippen molar-refractivity contribution < 1.29 is 8.78 Å². The fourth-order valence-electron chi connectivity index (χ4n) is 1.02. The molecular weight excluding hydrogens is 208 g/mol. The van der Waals surface area contributed by atoms with Gasteiger partial charge in [-0.3, -0.25) is 0 Å². The summed E-state index contributed by atoms with van der Waals surface area (Å²) in [5.41, 5.74) is 0.530. The minimum Gasteiger partial charge on any atom is -0.380 e. The van der Waals surface area contributed by atoms with Crippen LogP contribution >= 0.6 is 0 Å². The fraction of sp³-hybridized carbons (Fsp3) is 0.692. The van der Waals surface area contributed by atoms with E-state index >= 15 is 0 Å². The average Bonchev–Trinajstić information content (AvgIpc) is 2.26. The fourth-order valence-corrected chi connectivity index (χ4v) is 1.02. The van der Waals surface area contributed by atoms with Crippen molar-refractivity contribution in [2.75, 3.05) is 13.6 Å². The normalized spacial score (nSPS) is 11.6. The molecule has 0 fully saturated rings. The predicted octanol–water partition coefficient (Wildman–Crippen LogP) is 4.47. The third-order valence-corrected chi connectivity index (χ3v) is 2.17. The van der Waals surface area contributed by atoms with Gasteiger partial charge in [0.05, 0.1) is 0 Å². The van der Waals surface area contributed by atoms with E-state index in [0.29, 0.717) is 12.0 Å². The van der Waals surface area contributed by atoms with Crippen LogP contribution in [0.15, 0.2) is 23.9 Å². The molecule has 96 valence electrons. The summed E-state index contributed by atoms with van der Waals surface area (Å²) < 4.78 is 25.9. The zero-order chi connectivity index (χ0) is 13.4. The Morgan fingerprint density at radius 1 is 1.31 bits per heavy atom. The van der Waals surface area contributed by atoms with E-state index in [9.17, 15) is 8.78 Å². The lowest BCUT2D eigenvalue weighted by Gasteiger charge is -2.19. The van der Waals surface area contributed by atoms with Crippen LogP contribution in [0.4, 0.5) is 8.78 Å². The van der Waals surface area contributed by atoms with Gasteiger partial charge in [-0.15, -0.1) is 0 Å². The maximum absolute atomic E-state index is 12.9. The molecule has 3 heteroatoms. The number of rotatable bonds is 5. The van der Waals surface area contributed by atoms with Crippen LogP contribution in [0.25, 0.3) is 0 Å². The summed E-state index contributed by atoms with van der Waals surface area (Å²) in [4.78, 5) is 1.87. The maximum Gasteiger partial charge on any atom is 0.270 e. The summed E-state index contributed by atoms with van der Waals surface area (Å²) in [6, 6.07) is 0. The van der Waals surface area contributed by atoms with E-state index in [-0.39, 0.29) is 5.57 Å². The monoisotopic (exact) mass is 233 g/mol. The number of nitrogens with zero attached hydrogens (tertiary/aromatic N) is 1. The zero-order valence-electron chi connectivity index (χ0n) is 11.4. The van der Waals surface area contributed by atoms with Crippen molar-refractivity contribution in [1.29, 1.82) is 0 Å². The van der Waals surface area contributed by atoms with Gasteiger partial charge < -0.3 is 4.90 Å². The van der Waals surface area contributed by atoms with Gasteiger partial charge in [-0.05, 0) is 18.9 Å². The van der Waals surface area contributed by atoms with Crippen molar-refractivity contribution in [3.05, 3.63) is 23.9 Å².